The molecule has 0 radical (unpaired) electrons. The summed E-state index contributed by atoms with van der Waals surface area (Å²) in [6.45, 7) is 4.57. The van der Waals surface area contributed by atoms with Crippen molar-refractivity contribution in [1.82, 2.24) is 10.6 Å². The molecular weight excluding hydrogens is 356 g/mol. The minimum Gasteiger partial charge on any atom is -0.354 e. The van der Waals surface area contributed by atoms with Gasteiger partial charge in [-0.2, -0.15) is 11.8 Å². The highest BCUT2D eigenvalue weighted by atomic mass is 32.2. The third-order valence-electron chi connectivity index (χ3n) is 4.46. The van der Waals surface area contributed by atoms with E-state index in [0.29, 0.717) is 18.5 Å². The van der Waals surface area contributed by atoms with Gasteiger partial charge in [0.15, 0.2) is 0 Å². The largest absolute Gasteiger partial charge is 0.354 e. The van der Waals surface area contributed by atoms with Crippen LogP contribution in [0.2, 0.25) is 0 Å². The maximum absolute atomic E-state index is 12.7. The highest BCUT2D eigenvalue weighted by Gasteiger charge is 2.21. The Morgan fingerprint density at radius 1 is 1.07 bits per heavy atom. The molecule has 2 atom stereocenters. The molecule has 27 heavy (non-hydrogen) atoms. The van der Waals surface area contributed by atoms with Crippen LogP contribution in [0.1, 0.15) is 40.7 Å². The molecule has 2 rings (SSSR count). The summed E-state index contributed by atoms with van der Waals surface area (Å²) >= 11 is 1.66. The second-order valence-electron chi connectivity index (χ2n) is 6.73. The molecule has 2 N–H and O–H groups in total. The third-order valence-corrected chi connectivity index (χ3v) is 5.11. The molecule has 0 heterocycles. The number of benzene rings is 2. The van der Waals surface area contributed by atoms with E-state index in [1.165, 1.54) is 5.56 Å². The fourth-order valence-electron chi connectivity index (χ4n) is 2.81. The Morgan fingerprint density at radius 3 is 2.48 bits per heavy atom. The molecule has 0 saturated heterocycles. The summed E-state index contributed by atoms with van der Waals surface area (Å²) in [5.74, 6) is 0.674. The predicted octanol–water partition coefficient (Wildman–Crippen LogP) is 3.77. The zero-order chi connectivity index (χ0) is 19.6. The van der Waals surface area contributed by atoms with Gasteiger partial charge in [-0.1, -0.05) is 55.0 Å². The zero-order valence-corrected chi connectivity index (χ0v) is 17.0. The van der Waals surface area contributed by atoms with Gasteiger partial charge >= 0.3 is 0 Å². The van der Waals surface area contributed by atoms with Crippen molar-refractivity contribution in [3.8, 4) is 0 Å². The summed E-state index contributed by atoms with van der Waals surface area (Å²) in [6, 6.07) is 16.9. The van der Waals surface area contributed by atoms with Crippen LogP contribution < -0.4 is 10.6 Å². The van der Waals surface area contributed by atoms with Crippen molar-refractivity contribution in [1.29, 1.82) is 0 Å². The van der Waals surface area contributed by atoms with Crippen LogP contribution in [0.3, 0.4) is 0 Å². The Bertz CT molecular complexity index is 749. The quantitative estimate of drug-likeness (QED) is 0.692. The lowest BCUT2D eigenvalue weighted by Crippen LogP contribution is -2.47. The lowest BCUT2D eigenvalue weighted by molar-refractivity contribution is -0.123. The molecule has 0 fully saturated rings. The molecule has 5 heteroatoms. The van der Waals surface area contributed by atoms with Crippen molar-refractivity contribution in [3.05, 3.63) is 71.3 Å². The lowest BCUT2D eigenvalue weighted by Gasteiger charge is -2.20. The fourth-order valence-corrected chi connectivity index (χ4v) is 3.28. The van der Waals surface area contributed by atoms with E-state index in [1.807, 2.05) is 49.6 Å². The fraction of sp³-hybridized carbons (Fsp3) is 0.364. The number of nitrogens with one attached hydrogen (secondary N) is 2. The molecule has 2 unspecified atom stereocenters. The molecule has 2 aromatic carbocycles. The minimum absolute atomic E-state index is 0.132. The van der Waals surface area contributed by atoms with E-state index in [2.05, 4.69) is 29.7 Å². The predicted molar refractivity (Wildman–Crippen MR) is 113 cm³/mol. The Morgan fingerprint density at radius 2 is 1.81 bits per heavy atom. The molecule has 0 bridgehead atoms. The van der Waals surface area contributed by atoms with Crippen LogP contribution in [0, 0.1) is 6.92 Å². The monoisotopic (exact) mass is 384 g/mol. The van der Waals surface area contributed by atoms with Crippen LogP contribution in [-0.2, 0) is 4.79 Å². The SMILES string of the molecule is CSCCC(NC(=O)c1cccc(C)c1)C(=O)NCC(C)c1ccccc1. The highest BCUT2D eigenvalue weighted by molar-refractivity contribution is 7.98. The van der Waals surface area contributed by atoms with Crippen LogP contribution in [0.5, 0.6) is 0 Å². The van der Waals surface area contributed by atoms with Gasteiger partial charge in [0, 0.05) is 12.1 Å². The summed E-state index contributed by atoms with van der Waals surface area (Å²) in [5.41, 5.74) is 2.78. The molecule has 0 aromatic heterocycles. The Balaban J connectivity index is 1.97. The molecule has 4 nitrogen and oxygen atoms in total. The van der Waals surface area contributed by atoms with Crippen molar-refractivity contribution < 1.29 is 9.59 Å². The number of rotatable bonds is 9. The number of thioether (sulfide) groups is 1. The summed E-state index contributed by atoms with van der Waals surface area (Å²) in [7, 11) is 0. The van der Waals surface area contributed by atoms with Gasteiger partial charge in [0.2, 0.25) is 5.91 Å². The second kappa shape index (κ2) is 10.8. The van der Waals surface area contributed by atoms with Gasteiger partial charge in [-0.25, -0.2) is 0 Å². The van der Waals surface area contributed by atoms with Gasteiger partial charge in [-0.3, -0.25) is 9.59 Å². The van der Waals surface area contributed by atoms with Gasteiger partial charge < -0.3 is 10.6 Å². The third kappa shape index (κ3) is 6.75. The van der Waals surface area contributed by atoms with Gasteiger partial charge in [0.25, 0.3) is 5.91 Å². The first-order chi connectivity index (χ1) is 13.0. The minimum atomic E-state index is -0.534. The van der Waals surface area contributed by atoms with Crippen molar-refractivity contribution in [3.63, 3.8) is 0 Å². The number of carbonyl (C=O) groups excluding carboxylic acids is 2. The van der Waals surface area contributed by atoms with Gasteiger partial charge in [0.05, 0.1) is 0 Å². The topological polar surface area (TPSA) is 58.2 Å². The molecular formula is C22H28N2O2S. The zero-order valence-electron chi connectivity index (χ0n) is 16.2. The molecule has 0 aliphatic carbocycles. The van der Waals surface area contributed by atoms with Gasteiger partial charge in [0.1, 0.15) is 6.04 Å². The summed E-state index contributed by atoms with van der Waals surface area (Å²) < 4.78 is 0. The number of amides is 2. The van der Waals surface area contributed by atoms with Crippen LogP contribution in [0.25, 0.3) is 0 Å². The van der Waals surface area contributed by atoms with E-state index in [-0.39, 0.29) is 17.7 Å². The van der Waals surface area contributed by atoms with Crippen LogP contribution in [0.15, 0.2) is 54.6 Å². The maximum atomic E-state index is 12.7. The summed E-state index contributed by atoms with van der Waals surface area (Å²) in [5, 5.41) is 5.89. The summed E-state index contributed by atoms with van der Waals surface area (Å²) in [4.78, 5) is 25.2. The number of carbonyl (C=O) groups is 2. The average molecular weight is 385 g/mol. The van der Waals surface area contributed by atoms with Crippen molar-refractivity contribution in [2.75, 3.05) is 18.6 Å². The second-order valence-corrected chi connectivity index (χ2v) is 7.72. The Kier molecular flexibility index (Phi) is 8.40. The van der Waals surface area contributed by atoms with Gasteiger partial charge in [-0.05, 0) is 49.0 Å². The average Bonchev–Trinajstić information content (AvgIpc) is 2.69. The number of hydrogen-bond acceptors (Lipinski definition) is 3. The van der Waals surface area contributed by atoms with Crippen LogP contribution >= 0.6 is 11.8 Å². The normalized spacial score (nSPS) is 12.9. The highest BCUT2D eigenvalue weighted by Crippen LogP contribution is 2.13. The van der Waals surface area contributed by atoms with Crippen molar-refractivity contribution in [2.24, 2.45) is 0 Å². The molecule has 144 valence electrons. The number of aryl methyl sites for hydroxylation is 1. The number of hydrogen-bond donors (Lipinski definition) is 2. The standard InChI is InChI=1S/C22H28N2O2S/c1-16-8-7-11-19(14-16)21(25)24-20(12-13-27-3)22(26)23-15-17(2)18-9-5-4-6-10-18/h4-11,14,17,20H,12-13,15H2,1-3H3,(H,23,26)(H,24,25). The molecule has 0 aliphatic rings. The van der Waals surface area contributed by atoms with Crippen molar-refractivity contribution in [2.45, 2.75) is 32.2 Å². The van der Waals surface area contributed by atoms with E-state index < -0.39 is 6.04 Å². The van der Waals surface area contributed by atoms with E-state index >= 15 is 0 Å². The first-order valence-corrected chi connectivity index (χ1v) is 10.6. The molecule has 0 aliphatic heterocycles. The van der Waals surface area contributed by atoms with E-state index in [0.717, 1.165) is 11.3 Å². The van der Waals surface area contributed by atoms with E-state index in [9.17, 15) is 9.59 Å². The lowest BCUT2D eigenvalue weighted by atomic mass is 10.0. The van der Waals surface area contributed by atoms with E-state index in [4.69, 9.17) is 0 Å². The maximum Gasteiger partial charge on any atom is 0.251 e. The Labute approximate surface area is 166 Å². The first-order valence-electron chi connectivity index (χ1n) is 9.20. The Hall–Kier alpha value is -2.27. The van der Waals surface area contributed by atoms with Gasteiger partial charge in [-0.15, -0.1) is 0 Å². The molecule has 2 amide bonds. The van der Waals surface area contributed by atoms with Crippen molar-refractivity contribution >= 4 is 23.6 Å². The molecule has 0 spiro atoms. The molecule has 2 aromatic rings. The molecule has 0 saturated carbocycles. The summed E-state index contributed by atoms with van der Waals surface area (Å²) in [6.07, 6.45) is 2.60. The first kappa shape index (κ1) is 21.0. The van der Waals surface area contributed by atoms with E-state index in [1.54, 1.807) is 17.8 Å². The van der Waals surface area contributed by atoms with Crippen LogP contribution in [0.4, 0.5) is 0 Å². The smallest absolute Gasteiger partial charge is 0.251 e. The van der Waals surface area contributed by atoms with Crippen LogP contribution in [-0.4, -0.2) is 36.4 Å².